The molecule has 3 heteroatoms. The Hall–Kier alpha value is -2.39. The van der Waals surface area contributed by atoms with Gasteiger partial charge < -0.3 is 10.5 Å². The summed E-state index contributed by atoms with van der Waals surface area (Å²) < 4.78 is 5.04. The summed E-state index contributed by atoms with van der Waals surface area (Å²) >= 11 is 0. The Kier molecular flexibility index (Phi) is 4.07. The molecule has 2 N–H and O–H groups in total. The topological polar surface area (TPSA) is 52.3 Å². The van der Waals surface area contributed by atoms with Gasteiger partial charge in [0.25, 0.3) is 0 Å². The maximum Gasteiger partial charge on any atom is 0.307 e. The molecule has 0 aliphatic rings. The number of nitrogens with two attached hydrogens (primary N) is 1. The summed E-state index contributed by atoms with van der Waals surface area (Å²) in [6.07, 6.45) is 0.186. The van der Waals surface area contributed by atoms with Crippen molar-refractivity contribution in [3.63, 3.8) is 0 Å². The van der Waals surface area contributed by atoms with E-state index < -0.39 is 0 Å². The van der Waals surface area contributed by atoms with Gasteiger partial charge in [-0.25, -0.2) is 0 Å². The molecule has 22 heavy (non-hydrogen) atoms. The first-order valence-corrected chi connectivity index (χ1v) is 7.52. The van der Waals surface area contributed by atoms with Crippen LogP contribution in [0.25, 0.3) is 21.5 Å². The van der Waals surface area contributed by atoms with E-state index in [4.69, 9.17) is 10.5 Å². The van der Waals surface area contributed by atoms with Gasteiger partial charge in [0.1, 0.15) is 0 Å². The van der Waals surface area contributed by atoms with Crippen molar-refractivity contribution >= 4 is 27.5 Å². The number of hydrogen-bond acceptors (Lipinski definition) is 3. The van der Waals surface area contributed by atoms with Gasteiger partial charge in [0.05, 0.1) is 13.0 Å². The van der Waals surface area contributed by atoms with E-state index in [2.05, 4.69) is 30.3 Å². The average molecular weight is 293 g/mol. The first kappa shape index (κ1) is 14.5. The Morgan fingerprint density at radius 3 is 2.14 bits per heavy atom. The van der Waals surface area contributed by atoms with E-state index in [1.807, 2.05) is 24.3 Å². The van der Waals surface area contributed by atoms with E-state index in [1.54, 1.807) is 6.92 Å². The third kappa shape index (κ3) is 2.68. The van der Waals surface area contributed by atoms with Crippen molar-refractivity contribution in [2.24, 2.45) is 5.73 Å². The smallest absolute Gasteiger partial charge is 0.307 e. The lowest BCUT2D eigenvalue weighted by Gasteiger charge is -2.17. The van der Waals surface area contributed by atoms with Crippen LogP contribution in [-0.2, 0) is 9.53 Å². The molecular formula is C19H19NO2. The maximum atomic E-state index is 11.8. The summed E-state index contributed by atoms with van der Waals surface area (Å²) in [5.74, 6) is -0.257. The van der Waals surface area contributed by atoms with Gasteiger partial charge in [0.2, 0.25) is 0 Å². The summed E-state index contributed by atoms with van der Waals surface area (Å²) in [6, 6.07) is 18.1. The molecule has 1 atom stereocenters. The van der Waals surface area contributed by atoms with Crippen LogP contribution in [0.15, 0.2) is 54.6 Å². The van der Waals surface area contributed by atoms with Gasteiger partial charge in [-0.3, -0.25) is 4.79 Å². The van der Waals surface area contributed by atoms with Crippen LogP contribution < -0.4 is 5.73 Å². The zero-order valence-electron chi connectivity index (χ0n) is 12.6. The van der Waals surface area contributed by atoms with E-state index in [-0.39, 0.29) is 18.4 Å². The predicted molar refractivity (Wildman–Crippen MR) is 89.6 cm³/mol. The number of rotatable bonds is 4. The number of fused-ring (bicyclic) bond motifs is 2. The second-order valence-corrected chi connectivity index (χ2v) is 5.35. The number of esters is 1. The Balaban J connectivity index is 2.17. The van der Waals surface area contributed by atoms with E-state index in [1.165, 1.54) is 0 Å². The predicted octanol–water partition coefficient (Wildman–Crippen LogP) is 3.95. The number of ether oxygens (including phenoxy) is 1. The minimum atomic E-state index is -0.380. The molecule has 0 saturated heterocycles. The molecule has 0 heterocycles. The van der Waals surface area contributed by atoms with E-state index in [0.29, 0.717) is 6.61 Å². The van der Waals surface area contributed by atoms with Crippen LogP contribution in [0.5, 0.6) is 0 Å². The molecule has 0 aromatic heterocycles. The van der Waals surface area contributed by atoms with E-state index in [0.717, 1.165) is 27.1 Å². The van der Waals surface area contributed by atoms with Crippen LogP contribution in [0.1, 0.15) is 24.9 Å². The van der Waals surface area contributed by atoms with Crippen molar-refractivity contribution in [2.45, 2.75) is 19.4 Å². The van der Waals surface area contributed by atoms with Gasteiger partial charge >= 0.3 is 5.97 Å². The molecule has 0 spiro atoms. The quantitative estimate of drug-likeness (QED) is 0.585. The van der Waals surface area contributed by atoms with Crippen LogP contribution in [-0.4, -0.2) is 12.6 Å². The standard InChI is InChI=1S/C19H19NO2/c1-2-22-18(21)12-17(20)19-15-9-5-3-7-13(15)11-14-8-4-6-10-16(14)19/h3-11,17H,2,12,20H2,1H3/t17-/m0/s1. The van der Waals surface area contributed by atoms with Crippen LogP contribution in [0, 0.1) is 0 Å². The highest BCUT2D eigenvalue weighted by atomic mass is 16.5. The molecule has 112 valence electrons. The van der Waals surface area contributed by atoms with Crippen molar-refractivity contribution in [1.82, 2.24) is 0 Å². The molecule has 0 saturated carbocycles. The zero-order valence-corrected chi connectivity index (χ0v) is 12.6. The van der Waals surface area contributed by atoms with Crippen LogP contribution in [0.2, 0.25) is 0 Å². The van der Waals surface area contributed by atoms with Crippen LogP contribution >= 0.6 is 0 Å². The second kappa shape index (κ2) is 6.16. The monoisotopic (exact) mass is 293 g/mol. The third-order valence-electron chi connectivity index (χ3n) is 3.88. The molecule has 3 aromatic rings. The highest BCUT2D eigenvalue weighted by Gasteiger charge is 2.18. The molecule has 0 unspecified atom stereocenters. The summed E-state index contributed by atoms with van der Waals surface area (Å²) in [4.78, 5) is 11.8. The van der Waals surface area contributed by atoms with Gasteiger partial charge in [0, 0.05) is 6.04 Å². The SMILES string of the molecule is CCOC(=O)C[C@H](N)c1c2ccccc2cc2ccccc12. The highest BCUT2D eigenvalue weighted by Crippen LogP contribution is 2.33. The van der Waals surface area contributed by atoms with Crippen molar-refractivity contribution in [2.75, 3.05) is 6.61 Å². The molecule has 0 amide bonds. The lowest BCUT2D eigenvalue weighted by molar-refractivity contribution is -0.143. The van der Waals surface area contributed by atoms with Crippen molar-refractivity contribution in [3.05, 3.63) is 60.2 Å². The number of carbonyl (C=O) groups excluding carboxylic acids is 1. The number of benzene rings is 3. The molecule has 3 nitrogen and oxygen atoms in total. The second-order valence-electron chi connectivity index (χ2n) is 5.35. The molecule has 0 aliphatic heterocycles. The minimum Gasteiger partial charge on any atom is -0.466 e. The molecule has 0 radical (unpaired) electrons. The number of hydrogen-bond donors (Lipinski definition) is 1. The van der Waals surface area contributed by atoms with Crippen molar-refractivity contribution < 1.29 is 9.53 Å². The Morgan fingerprint density at radius 2 is 1.59 bits per heavy atom. The van der Waals surface area contributed by atoms with Crippen molar-refractivity contribution in [1.29, 1.82) is 0 Å². The van der Waals surface area contributed by atoms with Gasteiger partial charge in [-0.15, -0.1) is 0 Å². The summed E-state index contributed by atoms with van der Waals surface area (Å²) in [5.41, 5.74) is 7.37. The molecule has 3 aromatic carbocycles. The third-order valence-corrected chi connectivity index (χ3v) is 3.88. The molecular weight excluding hydrogens is 274 g/mol. The summed E-state index contributed by atoms with van der Waals surface area (Å²) in [6.45, 7) is 2.18. The van der Waals surface area contributed by atoms with Crippen LogP contribution in [0.4, 0.5) is 0 Å². The lowest BCUT2D eigenvalue weighted by atomic mass is 9.91. The number of carbonyl (C=O) groups is 1. The van der Waals surface area contributed by atoms with E-state index >= 15 is 0 Å². The fraction of sp³-hybridized carbons (Fsp3) is 0.211. The fourth-order valence-electron chi connectivity index (χ4n) is 2.95. The molecule has 0 aliphatic carbocycles. The normalized spacial score (nSPS) is 12.5. The van der Waals surface area contributed by atoms with Crippen LogP contribution in [0.3, 0.4) is 0 Å². The average Bonchev–Trinajstić information content (AvgIpc) is 2.52. The minimum absolute atomic E-state index is 0.186. The summed E-state index contributed by atoms with van der Waals surface area (Å²) in [5, 5.41) is 4.46. The molecule has 0 bridgehead atoms. The Labute approximate surface area is 129 Å². The van der Waals surface area contributed by atoms with E-state index in [9.17, 15) is 4.79 Å². The fourth-order valence-corrected chi connectivity index (χ4v) is 2.95. The maximum absolute atomic E-state index is 11.8. The lowest BCUT2D eigenvalue weighted by Crippen LogP contribution is -2.18. The Morgan fingerprint density at radius 1 is 1.05 bits per heavy atom. The summed E-state index contributed by atoms with van der Waals surface area (Å²) in [7, 11) is 0. The van der Waals surface area contributed by atoms with Gasteiger partial charge in [-0.2, -0.15) is 0 Å². The van der Waals surface area contributed by atoms with Gasteiger partial charge in [-0.05, 0) is 40.1 Å². The van der Waals surface area contributed by atoms with Crippen molar-refractivity contribution in [3.8, 4) is 0 Å². The zero-order chi connectivity index (χ0) is 15.5. The highest BCUT2D eigenvalue weighted by molar-refractivity contribution is 6.02. The first-order valence-electron chi connectivity index (χ1n) is 7.52. The first-order chi connectivity index (χ1) is 10.7. The van der Waals surface area contributed by atoms with Gasteiger partial charge in [0.15, 0.2) is 0 Å². The largest absolute Gasteiger partial charge is 0.466 e. The molecule has 0 fully saturated rings. The molecule has 3 rings (SSSR count). The Bertz CT molecular complexity index is 772. The van der Waals surface area contributed by atoms with Gasteiger partial charge in [-0.1, -0.05) is 48.5 Å².